The minimum absolute atomic E-state index is 0.163. The van der Waals surface area contributed by atoms with E-state index in [1.54, 1.807) is 22.8 Å². The van der Waals surface area contributed by atoms with E-state index < -0.39 is 5.97 Å². The van der Waals surface area contributed by atoms with Crippen LogP contribution in [-0.4, -0.2) is 25.4 Å². The lowest BCUT2D eigenvalue weighted by Gasteiger charge is -2.08. The quantitative estimate of drug-likeness (QED) is 0.564. The van der Waals surface area contributed by atoms with Gasteiger partial charge in [0, 0.05) is 0 Å². The number of aromatic carboxylic acids is 1. The van der Waals surface area contributed by atoms with Crippen molar-refractivity contribution >= 4 is 12.0 Å². The zero-order chi connectivity index (χ0) is 21.5. The first-order chi connectivity index (χ1) is 14.5. The number of allylic oxidation sites excluding steroid dienone is 3. The fraction of sp³-hybridized carbons (Fsp3) is 0.208. The summed E-state index contributed by atoms with van der Waals surface area (Å²) in [5, 5.41) is 13.9. The average molecular weight is 403 g/mol. The monoisotopic (exact) mass is 403 g/mol. The molecule has 0 fully saturated rings. The first kappa shape index (κ1) is 21.0. The number of rotatable bonds is 8. The predicted molar refractivity (Wildman–Crippen MR) is 119 cm³/mol. The van der Waals surface area contributed by atoms with Crippen LogP contribution in [0, 0.1) is 0 Å². The topological polar surface area (TPSA) is 77.1 Å². The Bertz CT molecular complexity index is 1140. The molecule has 6 nitrogen and oxygen atoms in total. The van der Waals surface area contributed by atoms with Gasteiger partial charge in [-0.25, -0.2) is 14.3 Å². The molecule has 0 spiro atoms. The van der Waals surface area contributed by atoms with Gasteiger partial charge in [-0.1, -0.05) is 67.6 Å². The summed E-state index contributed by atoms with van der Waals surface area (Å²) in [4.78, 5) is 24.3. The van der Waals surface area contributed by atoms with Gasteiger partial charge in [-0.05, 0) is 42.2 Å². The summed E-state index contributed by atoms with van der Waals surface area (Å²) in [6.07, 6.45) is 8.48. The van der Waals surface area contributed by atoms with E-state index in [0.29, 0.717) is 24.5 Å². The van der Waals surface area contributed by atoms with Gasteiger partial charge in [-0.2, -0.15) is 0 Å². The Hall–Kier alpha value is -3.67. The van der Waals surface area contributed by atoms with Crippen LogP contribution < -0.4 is 5.69 Å². The second kappa shape index (κ2) is 9.69. The van der Waals surface area contributed by atoms with Gasteiger partial charge in [0.05, 0.1) is 18.7 Å². The van der Waals surface area contributed by atoms with Crippen molar-refractivity contribution < 1.29 is 9.90 Å². The SMILES string of the molecule is CC=CCn1nc(C=CCC)n(Cc2ccc(-c3ccccc3C(=O)O)cc2)c1=O. The Balaban J connectivity index is 1.92. The van der Waals surface area contributed by atoms with Crippen LogP contribution in [0.4, 0.5) is 0 Å². The highest BCUT2D eigenvalue weighted by Gasteiger charge is 2.13. The molecule has 3 aromatic rings. The first-order valence-corrected chi connectivity index (χ1v) is 9.92. The molecule has 0 aliphatic carbocycles. The Morgan fingerprint density at radius 2 is 1.83 bits per heavy atom. The highest BCUT2D eigenvalue weighted by molar-refractivity contribution is 5.95. The van der Waals surface area contributed by atoms with Crippen LogP contribution in [-0.2, 0) is 13.1 Å². The standard InChI is InChI=1S/C24H25N3O3/c1-3-5-11-22-25-27(16-6-4-2)24(30)26(22)17-18-12-14-19(15-13-18)20-9-7-8-10-21(20)23(28)29/h4-15H,3,16-17H2,1-2H3,(H,28,29). The van der Waals surface area contributed by atoms with E-state index in [0.717, 1.165) is 17.5 Å². The lowest BCUT2D eigenvalue weighted by molar-refractivity contribution is 0.0697. The number of carbonyl (C=O) groups is 1. The molecule has 1 N–H and O–H groups in total. The molecule has 154 valence electrons. The molecule has 30 heavy (non-hydrogen) atoms. The molecule has 1 heterocycles. The number of carboxylic acid groups (broad SMARTS) is 1. The predicted octanol–water partition coefficient (Wildman–Crippen LogP) is 4.46. The number of hydrogen-bond donors (Lipinski definition) is 1. The van der Waals surface area contributed by atoms with E-state index in [4.69, 9.17) is 0 Å². The van der Waals surface area contributed by atoms with Gasteiger partial charge in [0.2, 0.25) is 0 Å². The Morgan fingerprint density at radius 1 is 1.10 bits per heavy atom. The van der Waals surface area contributed by atoms with Crippen molar-refractivity contribution in [3.05, 3.63) is 94.2 Å². The van der Waals surface area contributed by atoms with Crippen LogP contribution in [0.3, 0.4) is 0 Å². The third-order valence-corrected chi connectivity index (χ3v) is 4.73. The minimum atomic E-state index is -0.956. The van der Waals surface area contributed by atoms with Gasteiger partial charge in [-0.15, -0.1) is 5.10 Å². The minimum Gasteiger partial charge on any atom is -0.478 e. The third-order valence-electron chi connectivity index (χ3n) is 4.73. The molecule has 0 saturated heterocycles. The van der Waals surface area contributed by atoms with Crippen molar-refractivity contribution in [2.24, 2.45) is 0 Å². The van der Waals surface area contributed by atoms with Gasteiger partial charge >= 0.3 is 11.7 Å². The van der Waals surface area contributed by atoms with Crippen LogP contribution in [0.1, 0.15) is 42.0 Å². The van der Waals surface area contributed by atoms with Crippen LogP contribution in [0.25, 0.3) is 17.2 Å². The second-order valence-corrected chi connectivity index (χ2v) is 6.84. The smallest absolute Gasteiger partial charge is 0.346 e. The summed E-state index contributed by atoms with van der Waals surface area (Å²) in [7, 11) is 0. The van der Waals surface area contributed by atoms with Crippen molar-refractivity contribution in [1.29, 1.82) is 0 Å². The summed E-state index contributed by atoms with van der Waals surface area (Å²) in [6.45, 7) is 4.76. The van der Waals surface area contributed by atoms with Crippen LogP contribution in [0.15, 0.2) is 71.6 Å². The molecule has 0 atom stereocenters. The summed E-state index contributed by atoms with van der Waals surface area (Å²) in [5.74, 6) is -0.339. The molecule has 0 unspecified atom stereocenters. The van der Waals surface area contributed by atoms with E-state index in [1.807, 2.05) is 68.5 Å². The number of nitrogens with zero attached hydrogens (tertiary/aromatic N) is 3. The van der Waals surface area contributed by atoms with E-state index in [2.05, 4.69) is 5.10 Å². The van der Waals surface area contributed by atoms with E-state index >= 15 is 0 Å². The fourth-order valence-corrected chi connectivity index (χ4v) is 3.17. The lowest BCUT2D eigenvalue weighted by atomic mass is 9.99. The van der Waals surface area contributed by atoms with Crippen molar-refractivity contribution in [2.45, 2.75) is 33.4 Å². The maximum absolute atomic E-state index is 12.8. The summed E-state index contributed by atoms with van der Waals surface area (Å²) in [5.41, 5.74) is 2.52. The molecule has 2 aromatic carbocycles. The maximum atomic E-state index is 12.8. The molecular weight excluding hydrogens is 378 g/mol. The first-order valence-electron chi connectivity index (χ1n) is 9.92. The Kier molecular flexibility index (Phi) is 6.80. The van der Waals surface area contributed by atoms with Crippen LogP contribution in [0.5, 0.6) is 0 Å². The van der Waals surface area contributed by atoms with Crippen LogP contribution >= 0.6 is 0 Å². The highest BCUT2D eigenvalue weighted by atomic mass is 16.4. The van der Waals surface area contributed by atoms with E-state index in [9.17, 15) is 14.7 Å². The Labute approximate surface area is 175 Å². The van der Waals surface area contributed by atoms with Gasteiger partial charge in [0.1, 0.15) is 0 Å². The van der Waals surface area contributed by atoms with Gasteiger partial charge in [0.25, 0.3) is 0 Å². The summed E-state index contributed by atoms with van der Waals surface area (Å²) >= 11 is 0. The zero-order valence-corrected chi connectivity index (χ0v) is 17.2. The van der Waals surface area contributed by atoms with Gasteiger partial charge < -0.3 is 5.11 Å². The largest absolute Gasteiger partial charge is 0.478 e. The maximum Gasteiger partial charge on any atom is 0.346 e. The van der Waals surface area contributed by atoms with Crippen molar-refractivity contribution in [1.82, 2.24) is 14.3 Å². The molecule has 0 amide bonds. The number of hydrogen-bond acceptors (Lipinski definition) is 3. The molecular formula is C24H25N3O3. The average Bonchev–Trinajstić information content (AvgIpc) is 3.05. The molecule has 0 saturated carbocycles. The van der Waals surface area contributed by atoms with Crippen molar-refractivity contribution in [3.63, 3.8) is 0 Å². The molecule has 0 aliphatic rings. The van der Waals surface area contributed by atoms with Gasteiger partial charge in [0.15, 0.2) is 5.82 Å². The zero-order valence-electron chi connectivity index (χ0n) is 17.2. The summed E-state index contributed by atoms with van der Waals surface area (Å²) in [6, 6.07) is 14.5. The Morgan fingerprint density at radius 3 is 2.50 bits per heavy atom. The molecule has 6 heteroatoms. The van der Waals surface area contributed by atoms with Crippen LogP contribution in [0.2, 0.25) is 0 Å². The van der Waals surface area contributed by atoms with Gasteiger partial charge in [-0.3, -0.25) is 4.57 Å². The normalized spacial score (nSPS) is 11.5. The lowest BCUT2D eigenvalue weighted by Crippen LogP contribution is -2.25. The molecule has 1 aromatic heterocycles. The molecule has 3 rings (SSSR count). The van der Waals surface area contributed by atoms with Crippen molar-refractivity contribution in [3.8, 4) is 11.1 Å². The number of benzene rings is 2. The highest BCUT2D eigenvalue weighted by Crippen LogP contribution is 2.24. The fourth-order valence-electron chi connectivity index (χ4n) is 3.17. The third kappa shape index (κ3) is 4.66. The summed E-state index contributed by atoms with van der Waals surface area (Å²) < 4.78 is 3.10. The van der Waals surface area contributed by atoms with E-state index in [-0.39, 0.29) is 11.3 Å². The van der Waals surface area contributed by atoms with Crippen molar-refractivity contribution in [2.75, 3.05) is 0 Å². The molecule has 0 radical (unpaired) electrons. The second-order valence-electron chi connectivity index (χ2n) is 6.84. The molecule has 0 bridgehead atoms. The number of carboxylic acids is 1. The molecule has 0 aliphatic heterocycles. The van der Waals surface area contributed by atoms with E-state index in [1.165, 1.54) is 4.68 Å². The number of aromatic nitrogens is 3.